The Kier molecular flexibility index (Phi) is 3.66. The van der Waals surface area contributed by atoms with Gasteiger partial charge in [0, 0.05) is 13.1 Å². The summed E-state index contributed by atoms with van der Waals surface area (Å²) in [6.45, 7) is 3.22. The average Bonchev–Trinajstić information content (AvgIpc) is 2.75. The van der Waals surface area contributed by atoms with E-state index in [1.807, 2.05) is 4.90 Å². The van der Waals surface area contributed by atoms with Crippen molar-refractivity contribution in [1.29, 1.82) is 0 Å². The first kappa shape index (κ1) is 12.6. The van der Waals surface area contributed by atoms with Gasteiger partial charge in [-0.05, 0) is 25.5 Å². The molecule has 0 radical (unpaired) electrons. The molecule has 1 heterocycles. The molecule has 1 saturated heterocycles. The lowest BCUT2D eigenvalue weighted by molar-refractivity contribution is -0.385. The van der Waals surface area contributed by atoms with Gasteiger partial charge in [-0.3, -0.25) is 10.1 Å². The van der Waals surface area contributed by atoms with Crippen molar-refractivity contribution in [2.45, 2.75) is 19.4 Å². The highest BCUT2D eigenvalue weighted by Crippen LogP contribution is 2.38. The average molecular weight is 252 g/mol. The maximum atomic E-state index is 11.2. The third-order valence-electron chi connectivity index (χ3n) is 2.96. The molecule has 18 heavy (non-hydrogen) atoms. The second-order valence-corrected chi connectivity index (χ2v) is 4.20. The Morgan fingerprint density at radius 2 is 2.39 bits per heavy atom. The molecule has 0 aliphatic carbocycles. The summed E-state index contributed by atoms with van der Waals surface area (Å²) in [6.07, 6.45) is 0.219. The first-order valence-electron chi connectivity index (χ1n) is 5.96. The molecule has 0 unspecified atom stereocenters. The number of benzene rings is 1. The normalized spacial score (nSPS) is 19.0. The quantitative estimate of drug-likeness (QED) is 0.650. The van der Waals surface area contributed by atoms with E-state index in [1.165, 1.54) is 0 Å². The van der Waals surface area contributed by atoms with Crippen molar-refractivity contribution in [2.24, 2.45) is 0 Å². The first-order chi connectivity index (χ1) is 8.63. The molecule has 1 aromatic rings. The van der Waals surface area contributed by atoms with Gasteiger partial charge in [-0.2, -0.15) is 0 Å². The van der Waals surface area contributed by atoms with Gasteiger partial charge in [0.1, 0.15) is 5.69 Å². The molecule has 1 aliphatic heterocycles. The fraction of sp³-hybridized carbons (Fsp3) is 0.500. The standard InChI is InChI=1S/C12H16N2O4/c1-2-18-11-5-3-4-10(12(11)14(16)17)13-7-6-9(15)8-13/h3-5,9,15H,2,6-8H2,1H3/t9-/m1/s1. The third-order valence-corrected chi connectivity index (χ3v) is 2.96. The van der Waals surface area contributed by atoms with Gasteiger partial charge in [0.25, 0.3) is 0 Å². The Hall–Kier alpha value is -1.82. The zero-order chi connectivity index (χ0) is 13.1. The van der Waals surface area contributed by atoms with Crippen LogP contribution < -0.4 is 9.64 Å². The SMILES string of the molecule is CCOc1cccc(N2CC[C@@H](O)C2)c1[N+](=O)[O-]. The summed E-state index contributed by atoms with van der Waals surface area (Å²) in [4.78, 5) is 12.6. The van der Waals surface area contributed by atoms with Crippen LogP contribution in [0.2, 0.25) is 0 Å². The zero-order valence-corrected chi connectivity index (χ0v) is 10.2. The molecule has 1 N–H and O–H groups in total. The van der Waals surface area contributed by atoms with E-state index < -0.39 is 11.0 Å². The molecule has 1 aromatic carbocycles. The smallest absolute Gasteiger partial charge is 0.333 e. The molecule has 6 nitrogen and oxygen atoms in total. The van der Waals surface area contributed by atoms with E-state index in [4.69, 9.17) is 4.74 Å². The number of para-hydroxylation sites is 1. The molecule has 0 spiro atoms. The number of aliphatic hydroxyl groups excluding tert-OH is 1. The third kappa shape index (κ3) is 2.38. The Balaban J connectivity index is 2.39. The number of aliphatic hydroxyl groups is 1. The van der Waals surface area contributed by atoms with Crippen LogP contribution in [0.5, 0.6) is 5.75 Å². The van der Waals surface area contributed by atoms with E-state index in [-0.39, 0.29) is 11.4 Å². The van der Waals surface area contributed by atoms with Gasteiger partial charge < -0.3 is 14.7 Å². The maximum absolute atomic E-state index is 11.2. The van der Waals surface area contributed by atoms with Crippen LogP contribution in [0, 0.1) is 10.1 Å². The summed E-state index contributed by atoms with van der Waals surface area (Å²) in [5, 5.41) is 20.7. The van der Waals surface area contributed by atoms with E-state index in [9.17, 15) is 15.2 Å². The van der Waals surface area contributed by atoms with Gasteiger partial charge in [-0.25, -0.2) is 0 Å². The predicted molar refractivity (Wildman–Crippen MR) is 67.1 cm³/mol. The molecule has 0 aromatic heterocycles. The minimum absolute atomic E-state index is 0.0200. The highest BCUT2D eigenvalue weighted by Gasteiger charge is 2.29. The predicted octanol–water partition coefficient (Wildman–Crippen LogP) is 1.56. The lowest BCUT2D eigenvalue weighted by Crippen LogP contribution is -2.22. The second kappa shape index (κ2) is 5.22. The molecule has 6 heteroatoms. The van der Waals surface area contributed by atoms with E-state index in [2.05, 4.69) is 0 Å². The van der Waals surface area contributed by atoms with Gasteiger partial charge >= 0.3 is 5.69 Å². The first-order valence-corrected chi connectivity index (χ1v) is 5.96. The Morgan fingerprint density at radius 1 is 1.61 bits per heavy atom. The van der Waals surface area contributed by atoms with Crippen LogP contribution in [-0.2, 0) is 0 Å². The van der Waals surface area contributed by atoms with Gasteiger partial charge in [0.2, 0.25) is 0 Å². The van der Waals surface area contributed by atoms with Gasteiger partial charge in [-0.1, -0.05) is 6.07 Å². The number of nitro benzene ring substituents is 1. The Labute approximate surface area is 105 Å². The van der Waals surface area contributed by atoms with Crippen LogP contribution in [0.4, 0.5) is 11.4 Å². The summed E-state index contributed by atoms with van der Waals surface area (Å²) < 4.78 is 5.29. The molecule has 0 saturated carbocycles. The summed E-state index contributed by atoms with van der Waals surface area (Å²) in [6, 6.07) is 5.02. The van der Waals surface area contributed by atoms with Crippen LogP contribution in [-0.4, -0.2) is 35.8 Å². The van der Waals surface area contributed by atoms with Crippen molar-refractivity contribution in [2.75, 3.05) is 24.6 Å². The molecular formula is C12H16N2O4. The number of nitro groups is 1. The minimum Gasteiger partial charge on any atom is -0.487 e. The number of β-amino-alcohol motifs (C(OH)–C–C–N with tert-alkyl or cyclic N) is 1. The second-order valence-electron chi connectivity index (χ2n) is 4.20. The van der Waals surface area contributed by atoms with Gasteiger partial charge in [0.15, 0.2) is 5.75 Å². The van der Waals surface area contributed by atoms with Crippen molar-refractivity contribution < 1.29 is 14.8 Å². The molecule has 2 rings (SSSR count). The molecule has 98 valence electrons. The number of hydrogen-bond donors (Lipinski definition) is 1. The van der Waals surface area contributed by atoms with Crippen molar-refractivity contribution in [1.82, 2.24) is 0 Å². The van der Waals surface area contributed by atoms with Crippen LogP contribution in [0.25, 0.3) is 0 Å². The molecular weight excluding hydrogens is 236 g/mol. The summed E-state index contributed by atoms with van der Waals surface area (Å²) in [5.74, 6) is 0.279. The number of anilines is 1. The molecule has 1 atom stereocenters. The largest absolute Gasteiger partial charge is 0.487 e. The molecule has 1 fully saturated rings. The molecule has 1 aliphatic rings. The van der Waals surface area contributed by atoms with E-state index in [0.717, 1.165) is 0 Å². The van der Waals surface area contributed by atoms with Crippen LogP contribution in [0.15, 0.2) is 18.2 Å². The van der Waals surface area contributed by atoms with E-state index >= 15 is 0 Å². The number of rotatable bonds is 4. The lowest BCUT2D eigenvalue weighted by Gasteiger charge is -2.18. The van der Waals surface area contributed by atoms with E-state index in [1.54, 1.807) is 25.1 Å². The Morgan fingerprint density at radius 3 is 2.94 bits per heavy atom. The van der Waals surface area contributed by atoms with E-state index in [0.29, 0.717) is 31.8 Å². The van der Waals surface area contributed by atoms with Gasteiger partial charge in [0.05, 0.1) is 17.6 Å². The van der Waals surface area contributed by atoms with Gasteiger partial charge in [-0.15, -0.1) is 0 Å². The molecule has 0 amide bonds. The Bertz CT molecular complexity index is 450. The molecule has 0 bridgehead atoms. The van der Waals surface area contributed by atoms with Crippen LogP contribution in [0.3, 0.4) is 0 Å². The highest BCUT2D eigenvalue weighted by molar-refractivity contribution is 5.70. The summed E-state index contributed by atoms with van der Waals surface area (Å²) >= 11 is 0. The summed E-state index contributed by atoms with van der Waals surface area (Å²) in [5.41, 5.74) is 0.496. The van der Waals surface area contributed by atoms with Crippen molar-refractivity contribution in [3.8, 4) is 5.75 Å². The fourth-order valence-corrected chi connectivity index (χ4v) is 2.18. The summed E-state index contributed by atoms with van der Waals surface area (Å²) in [7, 11) is 0. The zero-order valence-electron chi connectivity index (χ0n) is 10.2. The monoisotopic (exact) mass is 252 g/mol. The van der Waals surface area contributed by atoms with Crippen molar-refractivity contribution in [3.63, 3.8) is 0 Å². The van der Waals surface area contributed by atoms with Crippen molar-refractivity contribution in [3.05, 3.63) is 28.3 Å². The lowest BCUT2D eigenvalue weighted by atomic mass is 10.2. The van der Waals surface area contributed by atoms with Crippen LogP contribution >= 0.6 is 0 Å². The maximum Gasteiger partial charge on any atom is 0.333 e. The fourth-order valence-electron chi connectivity index (χ4n) is 2.18. The number of ether oxygens (including phenoxy) is 1. The number of hydrogen-bond acceptors (Lipinski definition) is 5. The number of nitrogens with zero attached hydrogens (tertiary/aromatic N) is 2. The topological polar surface area (TPSA) is 75.8 Å². The van der Waals surface area contributed by atoms with Crippen molar-refractivity contribution >= 4 is 11.4 Å². The highest BCUT2D eigenvalue weighted by atomic mass is 16.6. The minimum atomic E-state index is -0.426. The van der Waals surface area contributed by atoms with Crippen LogP contribution in [0.1, 0.15) is 13.3 Å².